The first-order valence-corrected chi connectivity index (χ1v) is 6.33. The minimum absolute atomic E-state index is 0.0191. The van der Waals surface area contributed by atoms with E-state index < -0.39 is 21.2 Å². The maximum atomic E-state index is 11.6. The van der Waals surface area contributed by atoms with Crippen LogP contribution in [0.15, 0.2) is 6.20 Å². The molecule has 1 rings (SSSR count). The Labute approximate surface area is 93.9 Å². The topological polar surface area (TPSA) is 94.0 Å². The fourth-order valence-electron chi connectivity index (χ4n) is 0.951. The molecule has 0 bridgehead atoms. The summed E-state index contributed by atoms with van der Waals surface area (Å²) in [6.45, 7) is 3.27. The standard InChI is InChI=1S/C8H14N4O3S/c1-4-6(2)16(14,15)11-8(13)7-5-9-12(3)10-7/h5-6H,4H2,1-3H3,(H,11,13)/t6-/m0/s1. The highest BCUT2D eigenvalue weighted by atomic mass is 32.2. The van der Waals surface area contributed by atoms with Crippen LogP contribution in [0.1, 0.15) is 30.8 Å². The number of sulfonamides is 1. The molecule has 1 aromatic heterocycles. The molecule has 1 amide bonds. The zero-order chi connectivity index (χ0) is 12.3. The van der Waals surface area contributed by atoms with Gasteiger partial charge in [-0.25, -0.2) is 13.1 Å². The monoisotopic (exact) mass is 246 g/mol. The summed E-state index contributed by atoms with van der Waals surface area (Å²) in [6, 6.07) is 0. The van der Waals surface area contributed by atoms with Gasteiger partial charge in [-0.05, 0) is 13.3 Å². The van der Waals surface area contributed by atoms with Crippen molar-refractivity contribution in [3.63, 3.8) is 0 Å². The normalized spacial score (nSPS) is 13.4. The second-order valence-electron chi connectivity index (χ2n) is 3.41. The number of rotatable bonds is 4. The molecule has 0 radical (unpaired) electrons. The lowest BCUT2D eigenvalue weighted by Gasteiger charge is -2.10. The Bertz CT molecular complexity index is 479. The Morgan fingerprint density at radius 2 is 2.25 bits per heavy atom. The van der Waals surface area contributed by atoms with Gasteiger partial charge in [0, 0.05) is 7.05 Å². The van der Waals surface area contributed by atoms with Gasteiger partial charge in [-0.1, -0.05) is 6.92 Å². The predicted molar refractivity (Wildman–Crippen MR) is 57.1 cm³/mol. The smallest absolute Gasteiger partial charge is 0.266 e. The maximum absolute atomic E-state index is 11.6. The molecule has 0 saturated carbocycles. The highest BCUT2D eigenvalue weighted by Crippen LogP contribution is 2.03. The van der Waals surface area contributed by atoms with Gasteiger partial charge in [0.05, 0.1) is 11.4 Å². The van der Waals surface area contributed by atoms with Gasteiger partial charge in [0.2, 0.25) is 10.0 Å². The average Bonchev–Trinajstić information content (AvgIpc) is 2.63. The number of hydrogen-bond acceptors (Lipinski definition) is 5. The molecule has 0 aromatic carbocycles. The zero-order valence-electron chi connectivity index (χ0n) is 9.34. The first-order chi connectivity index (χ1) is 7.36. The van der Waals surface area contributed by atoms with Crippen molar-refractivity contribution in [3.05, 3.63) is 11.9 Å². The number of hydrogen-bond donors (Lipinski definition) is 1. The van der Waals surface area contributed by atoms with Crippen molar-refractivity contribution >= 4 is 15.9 Å². The van der Waals surface area contributed by atoms with Crippen molar-refractivity contribution < 1.29 is 13.2 Å². The van der Waals surface area contributed by atoms with E-state index in [1.54, 1.807) is 14.0 Å². The number of aryl methyl sites for hydroxylation is 1. The lowest BCUT2D eigenvalue weighted by Crippen LogP contribution is -2.37. The van der Waals surface area contributed by atoms with E-state index in [1.807, 2.05) is 4.72 Å². The fraction of sp³-hybridized carbons (Fsp3) is 0.625. The summed E-state index contributed by atoms with van der Waals surface area (Å²) in [5.74, 6) is -0.756. The van der Waals surface area contributed by atoms with Gasteiger partial charge in [0.15, 0.2) is 5.69 Å². The predicted octanol–water partition coefficient (Wildman–Crippen LogP) is -0.327. The van der Waals surface area contributed by atoms with Crippen LogP contribution in [0.4, 0.5) is 0 Å². The molecule has 1 heterocycles. The summed E-state index contributed by atoms with van der Waals surface area (Å²) in [6.07, 6.45) is 1.64. The molecule has 1 aromatic rings. The molecular formula is C8H14N4O3S. The van der Waals surface area contributed by atoms with Gasteiger partial charge in [0.1, 0.15) is 0 Å². The van der Waals surface area contributed by atoms with Crippen molar-refractivity contribution in [2.75, 3.05) is 0 Å². The van der Waals surface area contributed by atoms with Gasteiger partial charge in [0.25, 0.3) is 5.91 Å². The summed E-state index contributed by atoms with van der Waals surface area (Å²) in [4.78, 5) is 12.7. The second-order valence-corrected chi connectivity index (χ2v) is 5.51. The second kappa shape index (κ2) is 4.60. The van der Waals surface area contributed by atoms with Crippen LogP contribution in [0.25, 0.3) is 0 Å². The number of nitrogens with one attached hydrogen (secondary N) is 1. The molecule has 0 fully saturated rings. The number of nitrogens with zero attached hydrogens (tertiary/aromatic N) is 3. The number of carbonyl (C=O) groups is 1. The largest absolute Gasteiger partial charge is 0.286 e. The summed E-state index contributed by atoms with van der Waals surface area (Å²) in [7, 11) is -2.08. The third-order valence-corrected chi connectivity index (χ3v) is 4.03. The minimum Gasteiger partial charge on any atom is -0.266 e. The van der Waals surface area contributed by atoms with Crippen molar-refractivity contribution in [1.29, 1.82) is 0 Å². The van der Waals surface area contributed by atoms with Gasteiger partial charge in [-0.2, -0.15) is 9.90 Å². The van der Waals surface area contributed by atoms with Crippen LogP contribution >= 0.6 is 0 Å². The molecule has 16 heavy (non-hydrogen) atoms. The van der Waals surface area contributed by atoms with E-state index in [0.717, 1.165) is 0 Å². The summed E-state index contributed by atoms with van der Waals surface area (Å²) in [5.41, 5.74) is -0.0191. The molecule has 90 valence electrons. The molecule has 7 nitrogen and oxygen atoms in total. The van der Waals surface area contributed by atoms with E-state index in [-0.39, 0.29) is 5.69 Å². The van der Waals surface area contributed by atoms with Gasteiger partial charge < -0.3 is 0 Å². The van der Waals surface area contributed by atoms with Crippen LogP contribution in [-0.2, 0) is 17.1 Å². The zero-order valence-corrected chi connectivity index (χ0v) is 10.2. The third kappa shape index (κ3) is 2.78. The van der Waals surface area contributed by atoms with Crippen LogP contribution in [0.5, 0.6) is 0 Å². The SMILES string of the molecule is CC[C@H](C)S(=O)(=O)NC(=O)c1cnn(C)n1. The van der Waals surface area contributed by atoms with E-state index >= 15 is 0 Å². The molecule has 1 N–H and O–H groups in total. The Morgan fingerprint density at radius 3 is 2.69 bits per heavy atom. The number of aromatic nitrogens is 3. The molecular weight excluding hydrogens is 232 g/mol. The Morgan fingerprint density at radius 1 is 1.62 bits per heavy atom. The molecule has 8 heteroatoms. The molecule has 0 aliphatic rings. The van der Waals surface area contributed by atoms with Crippen LogP contribution in [-0.4, -0.2) is 34.6 Å². The summed E-state index contributed by atoms with van der Waals surface area (Å²) >= 11 is 0. The number of carbonyl (C=O) groups excluding carboxylic acids is 1. The summed E-state index contributed by atoms with van der Waals surface area (Å²) < 4.78 is 25.1. The molecule has 1 atom stereocenters. The first kappa shape index (κ1) is 12.6. The van der Waals surface area contributed by atoms with Crippen molar-refractivity contribution in [1.82, 2.24) is 19.7 Å². The minimum atomic E-state index is -3.63. The van der Waals surface area contributed by atoms with Crippen molar-refractivity contribution in [2.45, 2.75) is 25.5 Å². The van der Waals surface area contributed by atoms with Crippen LogP contribution < -0.4 is 4.72 Å². The lowest BCUT2D eigenvalue weighted by molar-refractivity contribution is 0.0975. The van der Waals surface area contributed by atoms with Crippen LogP contribution in [0.3, 0.4) is 0 Å². The molecule has 0 aliphatic heterocycles. The van der Waals surface area contributed by atoms with Crippen LogP contribution in [0.2, 0.25) is 0 Å². The Balaban J connectivity index is 2.79. The van der Waals surface area contributed by atoms with Gasteiger partial charge >= 0.3 is 0 Å². The quantitative estimate of drug-likeness (QED) is 0.785. The number of amides is 1. The van der Waals surface area contributed by atoms with Crippen LogP contribution in [0, 0.1) is 0 Å². The molecule has 0 spiro atoms. The Hall–Kier alpha value is -1.44. The van der Waals surface area contributed by atoms with E-state index in [9.17, 15) is 13.2 Å². The third-order valence-electron chi connectivity index (χ3n) is 2.17. The molecule has 0 aliphatic carbocycles. The lowest BCUT2D eigenvalue weighted by atomic mass is 10.4. The van der Waals surface area contributed by atoms with Crippen molar-refractivity contribution in [2.24, 2.45) is 7.05 Å². The van der Waals surface area contributed by atoms with E-state index in [2.05, 4.69) is 10.2 Å². The fourth-order valence-corrected chi connectivity index (χ4v) is 1.95. The first-order valence-electron chi connectivity index (χ1n) is 4.79. The van der Waals surface area contributed by atoms with Crippen molar-refractivity contribution in [3.8, 4) is 0 Å². The molecule has 0 unspecified atom stereocenters. The van der Waals surface area contributed by atoms with Gasteiger partial charge in [-0.15, -0.1) is 5.10 Å². The summed E-state index contributed by atoms with van der Waals surface area (Å²) in [5, 5.41) is 6.77. The maximum Gasteiger partial charge on any atom is 0.286 e. The Kier molecular flexibility index (Phi) is 3.63. The van der Waals surface area contributed by atoms with E-state index in [4.69, 9.17) is 0 Å². The molecule has 0 saturated heterocycles. The van der Waals surface area contributed by atoms with E-state index in [0.29, 0.717) is 6.42 Å². The van der Waals surface area contributed by atoms with E-state index in [1.165, 1.54) is 17.9 Å². The highest BCUT2D eigenvalue weighted by Gasteiger charge is 2.23. The van der Waals surface area contributed by atoms with Gasteiger partial charge in [-0.3, -0.25) is 4.79 Å². The highest BCUT2D eigenvalue weighted by molar-refractivity contribution is 7.90. The average molecular weight is 246 g/mol.